The smallest absolute Gasteiger partial charge is 0.407 e. The summed E-state index contributed by atoms with van der Waals surface area (Å²) in [6.07, 6.45) is -0.568. The summed E-state index contributed by atoms with van der Waals surface area (Å²) in [6, 6.07) is 10.8. The molecule has 1 unspecified atom stereocenters. The average molecular weight is 402 g/mol. The fraction of sp³-hybridized carbons (Fsp3) is 0.364. The molecule has 2 aromatic rings. The first-order valence-electron chi connectivity index (χ1n) is 9.30. The minimum Gasteiger partial charge on any atom is -0.497 e. The van der Waals surface area contributed by atoms with E-state index in [4.69, 9.17) is 9.47 Å². The molecule has 6 nitrogen and oxygen atoms in total. The lowest BCUT2D eigenvalue weighted by molar-refractivity contribution is 0.0522. The molecule has 7 heteroatoms. The second-order valence-corrected chi connectivity index (χ2v) is 7.60. The number of benzene rings is 2. The molecule has 0 fully saturated rings. The molecule has 0 aliphatic heterocycles. The van der Waals surface area contributed by atoms with Crippen molar-refractivity contribution >= 4 is 12.0 Å². The maximum atomic E-state index is 14.3. The van der Waals surface area contributed by atoms with Crippen molar-refractivity contribution < 1.29 is 23.5 Å². The van der Waals surface area contributed by atoms with Crippen molar-refractivity contribution in [2.45, 2.75) is 45.9 Å². The molecule has 0 bridgehead atoms. The number of halogens is 1. The molecular weight excluding hydrogens is 375 g/mol. The van der Waals surface area contributed by atoms with Crippen LogP contribution < -0.4 is 15.4 Å². The standard InChI is InChI=1S/C22H27FN2O4/c1-14(17-11-10-16(28-5)12-19(17)23)25-20(26)18-9-7-6-8-15(18)13-24-21(27)29-22(2,3)4/h6-12,14H,13H2,1-5H3,(H,24,27)(H,25,26). The molecule has 0 saturated heterocycles. The summed E-state index contributed by atoms with van der Waals surface area (Å²) >= 11 is 0. The van der Waals surface area contributed by atoms with Gasteiger partial charge in [0, 0.05) is 23.7 Å². The Morgan fingerprint density at radius 2 is 1.83 bits per heavy atom. The van der Waals surface area contributed by atoms with Crippen LogP contribution in [-0.2, 0) is 11.3 Å². The van der Waals surface area contributed by atoms with Gasteiger partial charge in [-0.05, 0) is 45.4 Å². The molecule has 0 spiro atoms. The quantitative estimate of drug-likeness (QED) is 0.753. The van der Waals surface area contributed by atoms with Crippen LogP contribution in [0.5, 0.6) is 5.75 Å². The molecule has 0 aromatic heterocycles. The summed E-state index contributed by atoms with van der Waals surface area (Å²) in [5, 5.41) is 5.44. The highest BCUT2D eigenvalue weighted by molar-refractivity contribution is 5.96. The maximum Gasteiger partial charge on any atom is 0.407 e. The second kappa shape index (κ2) is 9.41. The molecule has 29 heavy (non-hydrogen) atoms. The highest BCUT2D eigenvalue weighted by Crippen LogP contribution is 2.22. The van der Waals surface area contributed by atoms with Crippen molar-refractivity contribution in [3.05, 3.63) is 65.0 Å². The Labute approximate surface area is 170 Å². The number of amides is 2. The third-order valence-electron chi connectivity index (χ3n) is 4.11. The number of hydrogen-bond donors (Lipinski definition) is 2. The number of alkyl carbamates (subject to hydrolysis) is 1. The Kier molecular flexibility index (Phi) is 7.20. The molecule has 2 N–H and O–H groups in total. The van der Waals surface area contributed by atoms with E-state index in [2.05, 4.69) is 10.6 Å². The molecule has 0 heterocycles. The van der Waals surface area contributed by atoms with Crippen LogP contribution in [-0.4, -0.2) is 24.7 Å². The third-order valence-corrected chi connectivity index (χ3v) is 4.11. The van der Waals surface area contributed by atoms with Crippen molar-refractivity contribution in [1.29, 1.82) is 0 Å². The Bertz CT molecular complexity index is 877. The summed E-state index contributed by atoms with van der Waals surface area (Å²) in [5.74, 6) is -0.422. The number of nitrogens with one attached hydrogen (secondary N) is 2. The monoisotopic (exact) mass is 402 g/mol. The fourth-order valence-corrected chi connectivity index (χ4v) is 2.72. The van der Waals surface area contributed by atoms with Gasteiger partial charge in [0.05, 0.1) is 13.2 Å². The highest BCUT2D eigenvalue weighted by atomic mass is 19.1. The average Bonchev–Trinajstić information content (AvgIpc) is 2.64. The van der Waals surface area contributed by atoms with Crippen LogP contribution >= 0.6 is 0 Å². The predicted molar refractivity (Wildman–Crippen MR) is 108 cm³/mol. The van der Waals surface area contributed by atoms with Crippen LogP contribution in [0.1, 0.15) is 55.2 Å². The Morgan fingerprint density at radius 3 is 2.45 bits per heavy atom. The largest absolute Gasteiger partial charge is 0.497 e. The minimum absolute atomic E-state index is 0.129. The first-order chi connectivity index (χ1) is 13.6. The van der Waals surface area contributed by atoms with Crippen LogP contribution in [0.4, 0.5) is 9.18 Å². The Hall–Kier alpha value is -3.09. The molecule has 2 aromatic carbocycles. The number of rotatable bonds is 6. The number of carbonyl (C=O) groups is 2. The van der Waals surface area contributed by atoms with E-state index in [-0.39, 0.29) is 12.5 Å². The van der Waals surface area contributed by atoms with E-state index in [0.717, 1.165) is 0 Å². The fourth-order valence-electron chi connectivity index (χ4n) is 2.72. The van der Waals surface area contributed by atoms with Gasteiger partial charge in [-0.1, -0.05) is 24.3 Å². The van der Waals surface area contributed by atoms with Gasteiger partial charge < -0.3 is 20.1 Å². The summed E-state index contributed by atoms with van der Waals surface area (Å²) in [5.41, 5.74) is 0.755. The van der Waals surface area contributed by atoms with Crippen molar-refractivity contribution in [2.75, 3.05) is 7.11 Å². The zero-order valence-electron chi connectivity index (χ0n) is 17.3. The van der Waals surface area contributed by atoms with Gasteiger partial charge in [-0.3, -0.25) is 4.79 Å². The van der Waals surface area contributed by atoms with Crippen molar-refractivity contribution in [3.63, 3.8) is 0 Å². The van der Waals surface area contributed by atoms with Crippen molar-refractivity contribution in [3.8, 4) is 5.75 Å². The number of ether oxygens (including phenoxy) is 2. The van der Waals surface area contributed by atoms with Gasteiger partial charge >= 0.3 is 6.09 Å². The van der Waals surface area contributed by atoms with Crippen LogP contribution in [0, 0.1) is 5.82 Å². The molecule has 0 radical (unpaired) electrons. The van der Waals surface area contributed by atoms with E-state index in [1.165, 1.54) is 13.2 Å². The SMILES string of the molecule is COc1ccc(C(C)NC(=O)c2ccccc2CNC(=O)OC(C)(C)C)c(F)c1. The van der Waals surface area contributed by atoms with Gasteiger partial charge in [-0.25, -0.2) is 9.18 Å². The molecule has 2 amide bonds. The van der Waals surface area contributed by atoms with Crippen LogP contribution in [0.2, 0.25) is 0 Å². The number of carbonyl (C=O) groups excluding carboxylic acids is 2. The molecule has 0 aliphatic carbocycles. The molecule has 0 aliphatic rings. The topological polar surface area (TPSA) is 76.7 Å². The van der Waals surface area contributed by atoms with E-state index in [0.29, 0.717) is 22.4 Å². The third kappa shape index (κ3) is 6.48. The van der Waals surface area contributed by atoms with Crippen molar-refractivity contribution in [1.82, 2.24) is 10.6 Å². The Balaban J connectivity index is 2.08. The van der Waals surface area contributed by atoms with E-state index >= 15 is 0 Å². The zero-order valence-corrected chi connectivity index (χ0v) is 17.3. The summed E-state index contributed by atoms with van der Waals surface area (Å²) in [4.78, 5) is 24.6. The second-order valence-electron chi connectivity index (χ2n) is 7.60. The van der Waals surface area contributed by atoms with Gasteiger partial charge in [0.1, 0.15) is 17.2 Å². The van der Waals surface area contributed by atoms with Gasteiger partial charge in [0.2, 0.25) is 0 Å². The molecule has 2 rings (SSSR count). The normalized spacial score (nSPS) is 12.1. The summed E-state index contributed by atoms with van der Waals surface area (Å²) in [6.45, 7) is 7.14. The number of hydrogen-bond acceptors (Lipinski definition) is 4. The molecule has 1 atom stereocenters. The number of methoxy groups -OCH3 is 1. The van der Waals surface area contributed by atoms with E-state index in [1.807, 2.05) is 0 Å². The minimum atomic E-state index is -0.612. The highest BCUT2D eigenvalue weighted by Gasteiger charge is 2.19. The molecule has 0 saturated carbocycles. The molecular formula is C22H27FN2O4. The van der Waals surface area contributed by atoms with Crippen LogP contribution in [0.15, 0.2) is 42.5 Å². The predicted octanol–water partition coefficient (Wildman–Crippen LogP) is 4.35. The van der Waals surface area contributed by atoms with E-state index < -0.39 is 23.6 Å². The van der Waals surface area contributed by atoms with Crippen molar-refractivity contribution in [2.24, 2.45) is 0 Å². The zero-order chi connectivity index (χ0) is 21.6. The first kappa shape index (κ1) is 22.2. The lowest BCUT2D eigenvalue weighted by Crippen LogP contribution is -2.33. The van der Waals surface area contributed by atoms with Gasteiger partial charge in [0.15, 0.2) is 0 Å². The van der Waals surface area contributed by atoms with Crippen LogP contribution in [0.25, 0.3) is 0 Å². The van der Waals surface area contributed by atoms with Gasteiger partial charge in [-0.15, -0.1) is 0 Å². The van der Waals surface area contributed by atoms with E-state index in [9.17, 15) is 14.0 Å². The Morgan fingerprint density at radius 1 is 1.14 bits per heavy atom. The summed E-state index contributed by atoms with van der Waals surface area (Å²) in [7, 11) is 1.46. The summed E-state index contributed by atoms with van der Waals surface area (Å²) < 4.78 is 24.5. The lowest BCUT2D eigenvalue weighted by Gasteiger charge is -2.20. The van der Waals surface area contributed by atoms with Gasteiger partial charge in [0.25, 0.3) is 5.91 Å². The van der Waals surface area contributed by atoms with Gasteiger partial charge in [-0.2, -0.15) is 0 Å². The first-order valence-corrected chi connectivity index (χ1v) is 9.30. The van der Waals surface area contributed by atoms with E-state index in [1.54, 1.807) is 64.1 Å². The maximum absolute atomic E-state index is 14.3. The lowest BCUT2D eigenvalue weighted by atomic mass is 10.0. The molecule has 156 valence electrons. The van der Waals surface area contributed by atoms with Crippen LogP contribution in [0.3, 0.4) is 0 Å².